The molecule has 1 amide bonds. The average molecular weight is 432 g/mol. The zero-order chi connectivity index (χ0) is 16.4. The Labute approximate surface area is 156 Å². The zero-order valence-corrected chi connectivity index (χ0v) is 16.8. The second-order valence-corrected chi connectivity index (χ2v) is 5.57. The Morgan fingerprint density at radius 2 is 1.96 bits per heavy atom. The fourth-order valence-electron chi connectivity index (χ4n) is 1.86. The molecule has 1 aromatic carbocycles. The zero-order valence-electron chi connectivity index (χ0n) is 14.5. The van der Waals surface area contributed by atoms with E-state index < -0.39 is 0 Å². The highest BCUT2D eigenvalue weighted by molar-refractivity contribution is 14.0. The lowest BCUT2D eigenvalue weighted by molar-refractivity contribution is -0.114. The number of carbonyl (C=O) groups is 1. The lowest BCUT2D eigenvalue weighted by Gasteiger charge is -2.13. The van der Waals surface area contributed by atoms with Crippen molar-refractivity contribution in [1.29, 1.82) is 0 Å². The van der Waals surface area contributed by atoms with E-state index >= 15 is 0 Å². The second-order valence-electron chi connectivity index (χ2n) is 5.57. The molecular weight excluding hydrogens is 403 g/mol. The van der Waals surface area contributed by atoms with Crippen LogP contribution < -0.4 is 16.0 Å². The van der Waals surface area contributed by atoms with Crippen LogP contribution in [0.4, 0.5) is 5.69 Å². The number of halogens is 1. The molecule has 0 bridgehead atoms. The highest BCUT2D eigenvalue weighted by Gasteiger charge is 2.04. The van der Waals surface area contributed by atoms with E-state index in [0.29, 0.717) is 11.9 Å². The van der Waals surface area contributed by atoms with E-state index in [0.717, 1.165) is 25.2 Å². The quantitative estimate of drug-likeness (QED) is 0.353. The summed E-state index contributed by atoms with van der Waals surface area (Å²) >= 11 is 0. The van der Waals surface area contributed by atoms with Crippen molar-refractivity contribution in [2.45, 2.75) is 34.1 Å². The average Bonchev–Trinajstić information content (AvgIpc) is 2.50. The van der Waals surface area contributed by atoms with Crippen molar-refractivity contribution in [3.8, 4) is 0 Å². The normalized spacial score (nSPS) is 10.9. The Balaban J connectivity index is 0.00000484. The molecule has 0 heterocycles. The molecular formula is C17H29IN4O. The molecule has 1 rings (SSSR count). The van der Waals surface area contributed by atoms with Gasteiger partial charge in [-0.05, 0) is 37.0 Å². The number of carbonyl (C=O) groups excluding carboxylic acids is 1. The van der Waals surface area contributed by atoms with Crippen LogP contribution in [0.2, 0.25) is 0 Å². The summed E-state index contributed by atoms with van der Waals surface area (Å²) in [6.45, 7) is 10.0. The van der Waals surface area contributed by atoms with E-state index in [2.05, 4.69) is 41.7 Å². The summed E-state index contributed by atoms with van der Waals surface area (Å²) in [7, 11) is 0. The number of nitrogens with one attached hydrogen (secondary N) is 3. The summed E-state index contributed by atoms with van der Waals surface area (Å²) in [6, 6.07) is 7.88. The fraction of sp³-hybridized carbons (Fsp3) is 0.529. The number of benzene rings is 1. The molecule has 1 aromatic rings. The van der Waals surface area contributed by atoms with Gasteiger partial charge in [-0.3, -0.25) is 4.79 Å². The summed E-state index contributed by atoms with van der Waals surface area (Å²) in [4.78, 5) is 16.3. The monoisotopic (exact) mass is 432 g/mol. The van der Waals surface area contributed by atoms with Gasteiger partial charge in [-0.25, -0.2) is 4.99 Å². The molecule has 0 aromatic heterocycles. The lowest BCUT2D eigenvalue weighted by atomic mass is 10.1. The van der Waals surface area contributed by atoms with Crippen LogP contribution >= 0.6 is 24.0 Å². The number of hydrogen-bond donors (Lipinski definition) is 3. The van der Waals surface area contributed by atoms with Gasteiger partial charge in [0.05, 0.1) is 0 Å². The number of rotatable bonds is 7. The standard InChI is InChI=1S/C17H28N4O.HI/c1-5-14-8-7-9-15(10-14)21-16(22)12-20-17(18-6-2)19-11-13(3)4;/h7-10,13H,5-6,11-12H2,1-4H3,(H,21,22)(H2,18,19,20);1H. The molecule has 3 N–H and O–H groups in total. The van der Waals surface area contributed by atoms with Gasteiger partial charge in [-0.15, -0.1) is 24.0 Å². The summed E-state index contributed by atoms with van der Waals surface area (Å²) in [6.07, 6.45) is 0.950. The molecule has 0 spiro atoms. The Kier molecular flexibility index (Phi) is 11.5. The van der Waals surface area contributed by atoms with Crippen LogP contribution in [0.3, 0.4) is 0 Å². The molecule has 0 saturated carbocycles. The predicted molar refractivity (Wildman–Crippen MR) is 109 cm³/mol. The Morgan fingerprint density at radius 1 is 1.22 bits per heavy atom. The number of amides is 1. The largest absolute Gasteiger partial charge is 0.357 e. The summed E-state index contributed by atoms with van der Waals surface area (Å²) < 4.78 is 0. The molecule has 0 unspecified atom stereocenters. The number of hydrogen-bond acceptors (Lipinski definition) is 2. The van der Waals surface area contributed by atoms with E-state index in [4.69, 9.17) is 0 Å². The van der Waals surface area contributed by atoms with Crippen LogP contribution in [0, 0.1) is 5.92 Å². The van der Waals surface area contributed by atoms with Crippen LogP contribution in [-0.4, -0.2) is 31.5 Å². The highest BCUT2D eigenvalue weighted by atomic mass is 127. The first-order chi connectivity index (χ1) is 10.5. The number of anilines is 1. The maximum atomic E-state index is 12.0. The maximum absolute atomic E-state index is 12.0. The van der Waals surface area contributed by atoms with Gasteiger partial charge >= 0.3 is 0 Å². The van der Waals surface area contributed by atoms with Crippen LogP contribution in [0.15, 0.2) is 29.3 Å². The third-order valence-electron chi connectivity index (χ3n) is 3.02. The van der Waals surface area contributed by atoms with Gasteiger partial charge in [0.2, 0.25) is 5.91 Å². The van der Waals surface area contributed by atoms with E-state index in [9.17, 15) is 4.79 Å². The molecule has 5 nitrogen and oxygen atoms in total. The molecule has 0 saturated heterocycles. The van der Waals surface area contributed by atoms with E-state index in [1.165, 1.54) is 5.56 Å². The predicted octanol–water partition coefficient (Wildman–Crippen LogP) is 3.02. The van der Waals surface area contributed by atoms with Gasteiger partial charge in [0.25, 0.3) is 0 Å². The molecule has 0 fully saturated rings. The van der Waals surface area contributed by atoms with Crippen molar-refractivity contribution in [2.75, 3.05) is 25.0 Å². The van der Waals surface area contributed by atoms with Crippen LogP contribution in [-0.2, 0) is 11.2 Å². The summed E-state index contributed by atoms with van der Waals surface area (Å²) in [5.74, 6) is 1.08. The van der Waals surface area contributed by atoms with Crippen molar-refractivity contribution in [1.82, 2.24) is 10.6 Å². The van der Waals surface area contributed by atoms with Gasteiger partial charge in [0.15, 0.2) is 5.96 Å². The van der Waals surface area contributed by atoms with Crippen molar-refractivity contribution in [3.05, 3.63) is 29.8 Å². The van der Waals surface area contributed by atoms with Crippen molar-refractivity contribution in [3.63, 3.8) is 0 Å². The SMILES string of the molecule is CCNC(=NCC(=O)Nc1cccc(CC)c1)NCC(C)C.I. The topological polar surface area (TPSA) is 65.5 Å². The van der Waals surface area contributed by atoms with Gasteiger partial charge in [-0.1, -0.05) is 32.9 Å². The van der Waals surface area contributed by atoms with Gasteiger partial charge in [0, 0.05) is 18.8 Å². The Hall–Kier alpha value is -1.31. The minimum absolute atomic E-state index is 0. The smallest absolute Gasteiger partial charge is 0.246 e. The van der Waals surface area contributed by atoms with Gasteiger partial charge in [-0.2, -0.15) is 0 Å². The highest BCUT2D eigenvalue weighted by Crippen LogP contribution is 2.10. The minimum atomic E-state index is -0.116. The van der Waals surface area contributed by atoms with Gasteiger partial charge in [0.1, 0.15) is 6.54 Å². The molecule has 23 heavy (non-hydrogen) atoms. The van der Waals surface area contributed by atoms with Crippen LogP contribution in [0.5, 0.6) is 0 Å². The molecule has 0 atom stereocenters. The third kappa shape index (κ3) is 9.43. The first kappa shape index (κ1) is 21.7. The molecule has 0 aliphatic rings. The summed E-state index contributed by atoms with van der Waals surface area (Å²) in [5, 5.41) is 9.23. The first-order valence-electron chi connectivity index (χ1n) is 7.96. The van der Waals surface area contributed by atoms with E-state index in [-0.39, 0.29) is 36.4 Å². The maximum Gasteiger partial charge on any atom is 0.246 e. The fourth-order valence-corrected chi connectivity index (χ4v) is 1.86. The number of nitrogens with zero attached hydrogens (tertiary/aromatic N) is 1. The third-order valence-corrected chi connectivity index (χ3v) is 3.02. The van der Waals surface area contributed by atoms with Gasteiger partial charge < -0.3 is 16.0 Å². The molecule has 0 radical (unpaired) electrons. The Bertz CT molecular complexity index is 503. The second kappa shape index (κ2) is 12.2. The lowest BCUT2D eigenvalue weighted by Crippen LogP contribution is -2.39. The Morgan fingerprint density at radius 3 is 2.57 bits per heavy atom. The summed E-state index contributed by atoms with van der Waals surface area (Å²) in [5.41, 5.74) is 2.02. The van der Waals surface area contributed by atoms with E-state index in [1.54, 1.807) is 0 Å². The van der Waals surface area contributed by atoms with E-state index in [1.807, 2.05) is 31.2 Å². The minimum Gasteiger partial charge on any atom is -0.357 e. The number of guanidine groups is 1. The first-order valence-corrected chi connectivity index (χ1v) is 7.96. The molecule has 130 valence electrons. The van der Waals surface area contributed by atoms with Crippen LogP contribution in [0.25, 0.3) is 0 Å². The number of aliphatic imine (C=N–C) groups is 1. The van der Waals surface area contributed by atoms with Crippen LogP contribution in [0.1, 0.15) is 33.3 Å². The van der Waals surface area contributed by atoms with Crippen molar-refractivity contribution in [2.24, 2.45) is 10.9 Å². The van der Waals surface area contributed by atoms with Crippen molar-refractivity contribution < 1.29 is 4.79 Å². The molecule has 0 aliphatic carbocycles. The van der Waals surface area contributed by atoms with Crippen molar-refractivity contribution >= 4 is 41.5 Å². The molecule has 6 heteroatoms. The number of aryl methyl sites for hydroxylation is 1. The molecule has 0 aliphatic heterocycles.